The van der Waals surface area contributed by atoms with Gasteiger partial charge in [-0.15, -0.1) is 0 Å². The minimum absolute atomic E-state index is 0.146. The summed E-state index contributed by atoms with van der Waals surface area (Å²) in [6.45, 7) is -0.00104. The maximum absolute atomic E-state index is 12.0. The number of rotatable bonds is 5. The predicted molar refractivity (Wildman–Crippen MR) is 65.6 cm³/mol. The first-order chi connectivity index (χ1) is 8.61. The van der Waals surface area contributed by atoms with Crippen LogP contribution in [-0.4, -0.2) is 21.1 Å². The fourth-order valence-corrected chi connectivity index (χ4v) is 2.25. The molecule has 5 nitrogen and oxygen atoms in total. The number of anilines is 1. The molecule has 0 amide bonds. The van der Waals surface area contributed by atoms with Crippen molar-refractivity contribution in [3.05, 3.63) is 29.8 Å². The largest absolute Gasteiger partial charge is 0.402 e. The molecule has 0 aromatic heterocycles. The summed E-state index contributed by atoms with van der Waals surface area (Å²) >= 11 is 0. The molecule has 0 aliphatic rings. The van der Waals surface area contributed by atoms with Gasteiger partial charge in [-0.2, -0.15) is 26.3 Å². The van der Waals surface area contributed by atoms with Crippen molar-refractivity contribution in [3.63, 3.8) is 0 Å². The zero-order valence-electron chi connectivity index (χ0n) is 10.0. The first kappa shape index (κ1) is 15.7. The number of halogens is 3. The second-order valence-corrected chi connectivity index (χ2v) is 5.42. The van der Waals surface area contributed by atoms with Gasteiger partial charge in [-0.05, 0) is 18.6 Å². The predicted octanol–water partition coefficient (Wildman–Crippen LogP) is 1.51. The van der Waals surface area contributed by atoms with Gasteiger partial charge in [0.05, 0.1) is 5.69 Å². The van der Waals surface area contributed by atoms with E-state index in [4.69, 9.17) is 5.73 Å². The number of alkyl halides is 3. The molecule has 0 saturated carbocycles. The summed E-state index contributed by atoms with van der Waals surface area (Å²) in [5.74, 6) is 0. The van der Waals surface area contributed by atoms with E-state index in [9.17, 15) is 21.6 Å². The first-order valence-corrected chi connectivity index (χ1v) is 6.78. The number of hydrogen-bond donors (Lipinski definition) is 3. The molecule has 0 fully saturated rings. The van der Waals surface area contributed by atoms with E-state index in [2.05, 4.69) is 0 Å². The molecular formula is C10H14F3N3O2S. The molecular weight excluding hydrogens is 283 g/mol. The minimum atomic E-state index is -4.62. The lowest BCUT2D eigenvalue weighted by Crippen LogP contribution is -2.37. The Hall–Kier alpha value is -1.32. The van der Waals surface area contributed by atoms with Gasteiger partial charge < -0.3 is 5.73 Å². The van der Waals surface area contributed by atoms with Crippen LogP contribution in [0.4, 0.5) is 18.9 Å². The molecule has 0 heterocycles. The van der Waals surface area contributed by atoms with E-state index in [0.29, 0.717) is 5.56 Å². The molecule has 1 aromatic rings. The van der Waals surface area contributed by atoms with Crippen molar-refractivity contribution in [1.29, 1.82) is 0 Å². The molecule has 108 valence electrons. The standard InChI is InChI=1S/C10H14F3N3O2S/c1-7(14)8-4-2-3-5-9(8)16-19(17,18)15-6-10(11,12)13/h2-5,7,15-16H,6,14H2,1H3. The van der Waals surface area contributed by atoms with Crippen LogP contribution in [-0.2, 0) is 10.2 Å². The van der Waals surface area contributed by atoms with Crippen LogP contribution in [0.5, 0.6) is 0 Å². The zero-order valence-corrected chi connectivity index (χ0v) is 10.8. The smallest absolute Gasteiger partial charge is 0.324 e. The van der Waals surface area contributed by atoms with Gasteiger partial charge in [-0.1, -0.05) is 18.2 Å². The lowest BCUT2D eigenvalue weighted by atomic mass is 10.1. The fraction of sp³-hybridized carbons (Fsp3) is 0.400. The molecule has 19 heavy (non-hydrogen) atoms. The highest BCUT2D eigenvalue weighted by Gasteiger charge is 2.29. The summed E-state index contributed by atoms with van der Waals surface area (Å²) < 4.78 is 62.2. The molecule has 0 saturated heterocycles. The van der Waals surface area contributed by atoms with Crippen LogP contribution in [0, 0.1) is 0 Å². The number of nitrogens with one attached hydrogen (secondary N) is 2. The highest BCUT2D eigenvalue weighted by molar-refractivity contribution is 7.90. The van der Waals surface area contributed by atoms with Crippen LogP contribution in [0.2, 0.25) is 0 Å². The SMILES string of the molecule is CC(N)c1ccccc1NS(=O)(=O)NCC(F)(F)F. The summed E-state index contributed by atoms with van der Waals surface area (Å²) in [6.07, 6.45) is -4.62. The summed E-state index contributed by atoms with van der Waals surface area (Å²) in [7, 11) is -4.30. The summed E-state index contributed by atoms with van der Waals surface area (Å²) in [4.78, 5) is 0. The van der Waals surface area contributed by atoms with E-state index in [0.717, 1.165) is 0 Å². The monoisotopic (exact) mass is 297 g/mol. The average Bonchev–Trinajstić information content (AvgIpc) is 2.26. The van der Waals surface area contributed by atoms with Crippen LogP contribution in [0.25, 0.3) is 0 Å². The number of benzene rings is 1. The van der Waals surface area contributed by atoms with Crippen molar-refractivity contribution in [1.82, 2.24) is 4.72 Å². The van der Waals surface area contributed by atoms with Crippen LogP contribution in [0.1, 0.15) is 18.5 Å². The maximum Gasteiger partial charge on any atom is 0.402 e. The van der Waals surface area contributed by atoms with E-state index < -0.39 is 29.0 Å². The van der Waals surface area contributed by atoms with Crippen molar-refractivity contribution >= 4 is 15.9 Å². The molecule has 1 unspecified atom stereocenters. The number of hydrogen-bond acceptors (Lipinski definition) is 3. The highest BCUT2D eigenvalue weighted by Crippen LogP contribution is 2.21. The topological polar surface area (TPSA) is 84.2 Å². The molecule has 1 aromatic carbocycles. The minimum Gasteiger partial charge on any atom is -0.324 e. The van der Waals surface area contributed by atoms with Gasteiger partial charge in [0, 0.05) is 6.04 Å². The van der Waals surface area contributed by atoms with Crippen molar-refractivity contribution < 1.29 is 21.6 Å². The lowest BCUT2D eigenvalue weighted by Gasteiger charge is -2.15. The Bertz CT molecular complexity index is 529. The molecule has 9 heteroatoms. The van der Waals surface area contributed by atoms with Gasteiger partial charge in [-0.25, -0.2) is 0 Å². The lowest BCUT2D eigenvalue weighted by molar-refractivity contribution is -0.121. The van der Waals surface area contributed by atoms with Crippen LogP contribution in [0.15, 0.2) is 24.3 Å². The second-order valence-electron chi connectivity index (χ2n) is 3.92. The number of nitrogens with two attached hydrogens (primary N) is 1. The third-order valence-corrected chi connectivity index (χ3v) is 3.17. The van der Waals surface area contributed by atoms with Crippen molar-refractivity contribution in [2.75, 3.05) is 11.3 Å². The highest BCUT2D eigenvalue weighted by atomic mass is 32.2. The van der Waals surface area contributed by atoms with Crippen LogP contribution in [0.3, 0.4) is 0 Å². The van der Waals surface area contributed by atoms with Crippen molar-refractivity contribution in [2.24, 2.45) is 5.73 Å². The molecule has 0 aliphatic carbocycles. The quantitative estimate of drug-likeness (QED) is 0.770. The average molecular weight is 297 g/mol. The molecule has 1 rings (SSSR count). The fourth-order valence-electron chi connectivity index (χ4n) is 1.34. The first-order valence-electron chi connectivity index (χ1n) is 5.29. The van der Waals surface area contributed by atoms with Gasteiger partial charge in [0.15, 0.2) is 0 Å². The normalized spacial score (nSPS) is 14.2. The maximum atomic E-state index is 12.0. The van der Waals surface area contributed by atoms with Gasteiger partial charge in [0.2, 0.25) is 0 Å². The Morgan fingerprint density at radius 2 is 1.89 bits per heavy atom. The van der Waals surface area contributed by atoms with E-state index in [1.165, 1.54) is 10.8 Å². The third kappa shape index (κ3) is 5.45. The molecule has 1 atom stereocenters. The molecule has 4 N–H and O–H groups in total. The third-order valence-electron chi connectivity index (χ3n) is 2.16. The van der Waals surface area contributed by atoms with E-state index in [1.807, 2.05) is 4.72 Å². The Morgan fingerprint density at radius 1 is 1.32 bits per heavy atom. The zero-order chi connectivity index (χ0) is 14.7. The van der Waals surface area contributed by atoms with E-state index in [1.54, 1.807) is 25.1 Å². The molecule has 0 spiro atoms. The number of para-hydroxylation sites is 1. The Balaban J connectivity index is 2.84. The van der Waals surface area contributed by atoms with Gasteiger partial charge in [-0.3, -0.25) is 4.72 Å². The summed E-state index contributed by atoms with van der Waals surface area (Å²) in [5.41, 5.74) is 6.27. The van der Waals surface area contributed by atoms with Crippen LogP contribution >= 0.6 is 0 Å². The molecule has 0 bridgehead atoms. The van der Waals surface area contributed by atoms with Crippen LogP contribution < -0.4 is 15.2 Å². The summed E-state index contributed by atoms with van der Waals surface area (Å²) in [5, 5.41) is 0. The Morgan fingerprint density at radius 3 is 2.42 bits per heavy atom. The summed E-state index contributed by atoms with van der Waals surface area (Å²) in [6, 6.07) is 5.76. The van der Waals surface area contributed by atoms with Gasteiger partial charge in [0.25, 0.3) is 10.2 Å². The van der Waals surface area contributed by atoms with Gasteiger partial charge in [0.1, 0.15) is 6.54 Å². The molecule has 0 radical (unpaired) electrons. The van der Waals surface area contributed by atoms with Crippen molar-refractivity contribution in [3.8, 4) is 0 Å². The molecule has 0 aliphatic heterocycles. The Labute approximate surface area is 109 Å². The van der Waals surface area contributed by atoms with E-state index in [-0.39, 0.29) is 5.69 Å². The van der Waals surface area contributed by atoms with Gasteiger partial charge >= 0.3 is 6.18 Å². The Kier molecular flexibility index (Phi) is 4.77. The van der Waals surface area contributed by atoms with Crippen molar-refractivity contribution in [2.45, 2.75) is 19.1 Å². The van der Waals surface area contributed by atoms with E-state index >= 15 is 0 Å². The second kappa shape index (κ2) is 5.76.